The number of hydrogen-bond acceptors (Lipinski definition) is 10. The zero-order chi connectivity index (χ0) is 22.9. The summed E-state index contributed by atoms with van der Waals surface area (Å²) in [6, 6.07) is 5.38. The molecule has 3 heterocycles. The molecule has 0 bridgehead atoms. The number of aromatic amines is 1. The quantitative estimate of drug-likeness (QED) is 0.247. The van der Waals surface area contributed by atoms with Crippen LogP contribution in [0.15, 0.2) is 30.9 Å². The zero-order valence-corrected chi connectivity index (χ0v) is 17.7. The van der Waals surface area contributed by atoms with Gasteiger partial charge in [0.2, 0.25) is 6.29 Å². The Bertz CT molecular complexity index is 1140. The number of H-pyrrole nitrogens is 1. The van der Waals surface area contributed by atoms with Gasteiger partial charge in [0, 0.05) is 12.1 Å². The van der Waals surface area contributed by atoms with Crippen molar-refractivity contribution in [2.45, 2.75) is 38.1 Å². The van der Waals surface area contributed by atoms with Gasteiger partial charge in [0.05, 0.1) is 12.9 Å². The SMILES string of the molecule is Cc1ccc(OC2O[C@H](COP(=O)(O)O)[C@@H](O)[C@H]2O)c(CNc2ncnc3nc[nH]c23)c1. The summed E-state index contributed by atoms with van der Waals surface area (Å²) < 4.78 is 26.5. The van der Waals surface area contributed by atoms with E-state index in [0.29, 0.717) is 29.3 Å². The maximum Gasteiger partial charge on any atom is 0.469 e. The molecule has 0 radical (unpaired) electrons. The first kappa shape index (κ1) is 22.6. The number of fused-ring (bicyclic) bond motifs is 1. The molecular formula is C18H22N5O8P. The molecule has 0 spiro atoms. The first-order valence-corrected chi connectivity index (χ1v) is 11.1. The van der Waals surface area contributed by atoms with E-state index in [2.05, 4.69) is 29.8 Å². The minimum Gasteiger partial charge on any atom is -0.462 e. The molecule has 4 atom stereocenters. The molecule has 13 nitrogen and oxygen atoms in total. The van der Waals surface area contributed by atoms with Crippen LogP contribution in [0.25, 0.3) is 11.2 Å². The van der Waals surface area contributed by atoms with Crippen LogP contribution >= 0.6 is 7.82 Å². The van der Waals surface area contributed by atoms with Gasteiger partial charge in [-0.2, -0.15) is 0 Å². The van der Waals surface area contributed by atoms with Crippen LogP contribution in [0.2, 0.25) is 0 Å². The molecule has 0 amide bonds. The Kier molecular flexibility index (Phi) is 6.40. The monoisotopic (exact) mass is 467 g/mol. The number of aromatic nitrogens is 4. The fourth-order valence-electron chi connectivity index (χ4n) is 3.28. The number of aliphatic hydroxyl groups excluding tert-OH is 2. The predicted molar refractivity (Wildman–Crippen MR) is 109 cm³/mol. The van der Waals surface area contributed by atoms with Gasteiger partial charge in [-0.1, -0.05) is 17.7 Å². The van der Waals surface area contributed by atoms with E-state index in [1.165, 1.54) is 12.7 Å². The molecule has 2 aromatic heterocycles. The van der Waals surface area contributed by atoms with Crippen molar-refractivity contribution in [2.75, 3.05) is 11.9 Å². The molecule has 1 unspecified atom stereocenters. The Morgan fingerprint density at radius 2 is 2.03 bits per heavy atom. The molecule has 172 valence electrons. The normalized spacial score (nSPS) is 23.5. The summed E-state index contributed by atoms with van der Waals surface area (Å²) in [6.45, 7) is 1.60. The van der Waals surface area contributed by atoms with E-state index >= 15 is 0 Å². The van der Waals surface area contributed by atoms with Crippen molar-refractivity contribution in [3.63, 3.8) is 0 Å². The molecule has 1 fully saturated rings. The number of hydrogen-bond donors (Lipinski definition) is 6. The van der Waals surface area contributed by atoms with E-state index in [1.54, 1.807) is 6.07 Å². The lowest BCUT2D eigenvalue weighted by atomic mass is 10.1. The highest BCUT2D eigenvalue weighted by Crippen LogP contribution is 2.37. The largest absolute Gasteiger partial charge is 0.469 e. The summed E-state index contributed by atoms with van der Waals surface area (Å²) in [7, 11) is -4.75. The van der Waals surface area contributed by atoms with Crippen LogP contribution in [0.5, 0.6) is 5.75 Å². The second-order valence-corrected chi connectivity index (χ2v) is 8.46. The minimum atomic E-state index is -4.75. The molecule has 0 saturated carbocycles. The van der Waals surface area contributed by atoms with E-state index in [4.69, 9.17) is 19.3 Å². The van der Waals surface area contributed by atoms with Crippen LogP contribution < -0.4 is 10.1 Å². The number of phosphoric ester groups is 1. The molecule has 0 aliphatic carbocycles. The molecule has 6 N–H and O–H groups in total. The standard InChI is InChI=1S/C18H22N5O8P/c1-9-2-3-11(30-18-15(25)14(24)12(31-18)6-29-32(26,27)28)10(4-9)5-19-16-13-17(21-7-20-13)23-8-22-16/h2-4,7-8,12,14-15,18,24-25H,5-6H2,1H3,(H2,26,27,28)(H2,19,20,21,22,23)/t12-,14-,15-,18?/m1/s1. The van der Waals surface area contributed by atoms with Crippen LogP contribution in [0, 0.1) is 6.92 Å². The summed E-state index contributed by atoms with van der Waals surface area (Å²) in [6.07, 6.45) is -2.44. The second kappa shape index (κ2) is 9.08. The van der Waals surface area contributed by atoms with Gasteiger partial charge < -0.3 is 39.8 Å². The highest BCUT2D eigenvalue weighted by Gasteiger charge is 2.45. The van der Waals surface area contributed by atoms with E-state index in [1.807, 2.05) is 19.1 Å². The number of phosphoric acid groups is 1. The van der Waals surface area contributed by atoms with E-state index in [9.17, 15) is 14.8 Å². The number of nitrogens with zero attached hydrogens (tertiary/aromatic N) is 3. The zero-order valence-electron chi connectivity index (χ0n) is 16.8. The maximum atomic E-state index is 10.9. The molecule has 4 rings (SSSR count). The number of aryl methyl sites for hydroxylation is 1. The lowest BCUT2D eigenvalue weighted by molar-refractivity contribution is -0.116. The topological polar surface area (TPSA) is 192 Å². The van der Waals surface area contributed by atoms with Gasteiger partial charge >= 0.3 is 7.82 Å². The Morgan fingerprint density at radius 1 is 1.22 bits per heavy atom. The van der Waals surface area contributed by atoms with Crippen molar-refractivity contribution in [2.24, 2.45) is 0 Å². The second-order valence-electron chi connectivity index (χ2n) is 7.22. The van der Waals surface area contributed by atoms with Crippen LogP contribution in [-0.4, -0.2) is 71.1 Å². The van der Waals surface area contributed by atoms with E-state index in [-0.39, 0.29) is 0 Å². The summed E-state index contributed by atoms with van der Waals surface area (Å²) in [5.74, 6) is 0.924. The molecule has 14 heteroatoms. The van der Waals surface area contributed by atoms with Crippen molar-refractivity contribution in [3.8, 4) is 5.75 Å². The molecule has 1 aliphatic heterocycles. The average molecular weight is 467 g/mol. The number of anilines is 1. The van der Waals surface area contributed by atoms with Gasteiger partial charge in [-0.15, -0.1) is 0 Å². The Morgan fingerprint density at radius 3 is 2.81 bits per heavy atom. The highest BCUT2D eigenvalue weighted by atomic mass is 31.2. The lowest BCUT2D eigenvalue weighted by Gasteiger charge is -2.20. The molecular weight excluding hydrogens is 445 g/mol. The third-order valence-electron chi connectivity index (χ3n) is 4.85. The number of benzene rings is 1. The lowest BCUT2D eigenvalue weighted by Crippen LogP contribution is -2.36. The number of imidazole rings is 1. The highest BCUT2D eigenvalue weighted by molar-refractivity contribution is 7.46. The van der Waals surface area contributed by atoms with Gasteiger partial charge in [-0.25, -0.2) is 19.5 Å². The van der Waals surface area contributed by atoms with Crippen molar-refractivity contribution < 1.29 is 38.6 Å². The van der Waals surface area contributed by atoms with Gasteiger partial charge in [0.1, 0.15) is 35.9 Å². The summed E-state index contributed by atoms with van der Waals surface area (Å²) in [4.78, 5) is 33.0. The van der Waals surface area contributed by atoms with Gasteiger partial charge in [-0.05, 0) is 13.0 Å². The van der Waals surface area contributed by atoms with Crippen LogP contribution in [0.4, 0.5) is 5.82 Å². The summed E-state index contributed by atoms with van der Waals surface area (Å²) in [5.41, 5.74) is 2.84. The fourth-order valence-corrected chi connectivity index (χ4v) is 3.63. The van der Waals surface area contributed by atoms with E-state index < -0.39 is 39.0 Å². The summed E-state index contributed by atoms with van der Waals surface area (Å²) in [5, 5.41) is 23.6. The number of ether oxygens (including phenoxy) is 2. The molecule has 32 heavy (non-hydrogen) atoms. The number of aliphatic hydroxyl groups is 2. The first-order valence-electron chi connectivity index (χ1n) is 9.57. The number of nitrogens with one attached hydrogen (secondary N) is 2. The smallest absolute Gasteiger partial charge is 0.462 e. The third-order valence-corrected chi connectivity index (χ3v) is 5.34. The Balaban J connectivity index is 1.47. The van der Waals surface area contributed by atoms with Crippen molar-refractivity contribution >= 4 is 24.8 Å². The number of rotatable bonds is 8. The molecule has 1 aliphatic rings. The first-order chi connectivity index (χ1) is 15.2. The Labute approximate surface area is 181 Å². The Hall–Kier alpha value is -2.64. The van der Waals surface area contributed by atoms with Crippen molar-refractivity contribution in [1.82, 2.24) is 19.9 Å². The third kappa shape index (κ3) is 5.05. The van der Waals surface area contributed by atoms with Gasteiger partial charge in [0.25, 0.3) is 0 Å². The fraction of sp³-hybridized carbons (Fsp3) is 0.389. The van der Waals surface area contributed by atoms with Gasteiger partial charge in [-0.3, -0.25) is 4.52 Å². The molecule has 1 aromatic carbocycles. The molecule has 1 saturated heterocycles. The average Bonchev–Trinajstić information content (AvgIpc) is 3.32. The van der Waals surface area contributed by atoms with Crippen LogP contribution in [0.3, 0.4) is 0 Å². The van der Waals surface area contributed by atoms with Crippen LogP contribution in [0.1, 0.15) is 11.1 Å². The van der Waals surface area contributed by atoms with Crippen molar-refractivity contribution in [3.05, 3.63) is 42.0 Å². The van der Waals surface area contributed by atoms with E-state index in [0.717, 1.165) is 11.1 Å². The molecule has 3 aromatic rings. The summed E-state index contributed by atoms with van der Waals surface area (Å²) >= 11 is 0. The maximum absolute atomic E-state index is 10.9. The predicted octanol–water partition coefficient (Wildman–Crippen LogP) is 0.208. The van der Waals surface area contributed by atoms with Crippen LogP contribution in [-0.2, 0) is 20.4 Å². The van der Waals surface area contributed by atoms with Gasteiger partial charge in [0.15, 0.2) is 11.5 Å². The van der Waals surface area contributed by atoms with Crippen molar-refractivity contribution in [1.29, 1.82) is 0 Å². The minimum absolute atomic E-state index is 0.304.